The number of rotatable bonds is 4. The first-order valence-electron chi connectivity index (χ1n) is 7.51. The van der Waals surface area contributed by atoms with Gasteiger partial charge in [0.2, 0.25) is 5.91 Å². The van der Waals surface area contributed by atoms with Crippen molar-refractivity contribution in [3.05, 3.63) is 21.8 Å². The average molecular weight is 337 g/mol. The molecule has 0 aliphatic heterocycles. The van der Waals surface area contributed by atoms with E-state index in [1.807, 2.05) is 5.38 Å². The second-order valence-electron chi connectivity index (χ2n) is 5.59. The molecule has 1 amide bonds. The lowest BCUT2D eigenvalue weighted by atomic mass is 9.95. The fraction of sp³-hybridized carbons (Fsp3) is 0.533. The highest BCUT2D eigenvalue weighted by atomic mass is 32.2. The Bertz CT molecular complexity index is 732. The van der Waals surface area contributed by atoms with Crippen molar-refractivity contribution in [3.8, 4) is 0 Å². The molecular formula is C15H19N3O2S2. The predicted octanol–water partition coefficient (Wildman–Crippen LogP) is 2.54. The summed E-state index contributed by atoms with van der Waals surface area (Å²) in [5, 5.41) is 6.19. The van der Waals surface area contributed by atoms with E-state index in [9.17, 15) is 9.59 Å². The Labute approximate surface area is 137 Å². The summed E-state index contributed by atoms with van der Waals surface area (Å²) in [6, 6.07) is 2.11. The quantitative estimate of drug-likeness (QED) is 0.688. The Hall–Kier alpha value is -1.34. The Morgan fingerprint density at radius 3 is 3.00 bits per heavy atom. The number of nitrogens with one attached hydrogen (secondary N) is 1. The standard InChI is InChI=1S/C15H19N3O2S2/c1-18-14(20)11-7-8-21-13(11)17-15(18)22-9-12(19)16-10-5-3-2-4-6-10/h7-8,10H,2-6,9H2,1H3,(H,16,19). The summed E-state index contributed by atoms with van der Waals surface area (Å²) in [7, 11) is 1.70. The lowest BCUT2D eigenvalue weighted by Crippen LogP contribution is -2.37. The molecule has 0 aromatic carbocycles. The molecule has 7 heteroatoms. The van der Waals surface area contributed by atoms with Gasteiger partial charge in [0.05, 0.1) is 11.1 Å². The van der Waals surface area contributed by atoms with Gasteiger partial charge in [0.25, 0.3) is 5.56 Å². The Morgan fingerprint density at radius 1 is 1.45 bits per heavy atom. The van der Waals surface area contributed by atoms with E-state index in [1.165, 1.54) is 46.9 Å². The largest absolute Gasteiger partial charge is 0.353 e. The number of fused-ring (bicyclic) bond motifs is 1. The monoisotopic (exact) mass is 337 g/mol. The molecule has 1 fully saturated rings. The van der Waals surface area contributed by atoms with E-state index in [0.717, 1.165) is 17.7 Å². The Kier molecular flexibility index (Phi) is 4.83. The molecule has 1 saturated carbocycles. The molecule has 1 aliphatic carbocycles. The van der Waals surface area contributed by atoms with Gasteiger partial charge in [0, 0.05) is 13.1 Å². The van der Waals surface area contributed by atoms with Crippen LogP contribution in [-0.2, 0) is 11.8 Å². The summed E-state index contributed by atoms with van der Waals surface area (Å²) in [5.74, 6) is 0.325. The van der Waals surface area contributed by atoms with Crippen LogP contribution in [0.3, 0.4) is 0 Å². The zero-order chi connectivity index (χ0) is 15.5. The Morgan fingerprint density at radius 2 is 2.23 bits per heavy atom. The van der Waals surface area contributed by atoms with Crippen LogP contribution in [0.2, 0.25) is 0 Å². The van der Waals surface area contributed by atoms with E-state index >= 15 is 0 Å². The second-order valence-corrected chi connectivity index (χ2v) is 7.43. The van der Waals surface area contributed by atoms with Gasteiger partial charge in [-0.05, 0) is 24.3 Å². The van der Waals surface area contributed by atoms with Gasteiger partial charge in [-0.25, -0.2) is 4.98 Å². The van der Waals surface area contributed by atoms with Crippen LogP contribution in [0, 0.1) is 0 Å². The average Bonchev–Trinajstić information content (AvgIpc) is 2.99. The van der Waals surface area contributed by atoms with Crippen molar-refractivity contribution in [1.82, 2.24) is 14.9 Å². The molecule has 1 aliphatic rings. The van der Waals surface area contributed by atoms with Crippen molar-refractivity contribution < 1.29 is 4.79 Å². The fourth-order valence-corrected chi connectivity index (χ4v) is 4.34. The molecule has 22 heavy (non-hydrogen) atoms. The van der Waals surface area contributed by atoms with Crippen LogP contribution in [0.5, 0.6) is 0 Å². The van der Waals surface area contributed by atoms with Crippen LogP contribution < -0.4 is 10.9 Å². The van der Waals surface area contributed by atoms with Crippen molar-refractivity contribution in [2.45, 2.75) is 43.3 Å². The van der Waals surface area contributed by atoms with Gasteiger partial charge in [-0.15, -0.1) is 11.3 Å². The van der Waals surface area contributed by atoms with E-state index in [0.29, 0.717) is 22.3 Å². The molecule has 118 valence electrons. The number of nitrogens with zero attached hydrogens (tertiary/aromatic N) is 2. The first-order valence-corrected chi connectivity index (χ1v) is 9.38. The summed E-state index contributed by atoms with van der Waals surface area (Å²) in [6.45, 7) is 0. The number of hydrogen-bond acceptors (Lipinski definition) is 5. The van der Waals surface area contributed by atoms with E-state index in [4.69, 9.17) is 0 Å². The van der Waals surface area contributed by atoms with E-state index in [1.54, 1.807) is 13.1 Å². The van der Waals surface area contributed by atoms with Crippen molar-refractivity contribution in [2.75, 3.05) is 5.75 Å². The maximum Gasteiger partial charge on any atom is 0.262 e. The number of amides is 1. The van der Waals surface area contributed by atoms with Gasteiger partial charge < -0.3 is 5.32 Å². The van der Waals surface area contributed by atoms with Gasteiger partial charge >= 0.3 is 0 Å². The first-order chi connectivity index (χ1) is 10.6. The highest BCUT2D eigenvalue weighted by Crippen LogP contribution is 2.21. The predicted molar refractivity (Wildman–Crippen MR) is 90.6 cm³/mol. The van der Waals surface area contributed by atoms with Crippen LogP contribution in [0.25, 0.3) is 10.2 Å². The minimum absolute atomic E-state index is 0.0254. The third-order valence-corrected chi connectivity index (χ3v) is 5.80. The van der Waals surface area contributed by atoms with Crippen LogP contribution in [-0.4, -0.2) is 27.3 Å². The molecule has 0 bridgehead atoms. The normalized spacial score (nSPS) is 16.0. The molecule has 0 saturated heterocycles. The Balaban J connectivity index is 1.64. The topological polar surface area (TPSA) is 64.0 Å². The summed E-state index contributed by atoms with van der Waals surface area (Å²) in [5.41, 5.74) is -0.0542. The highest BCUT2D eigenvalue weighted by Gasteiger charge is 2.17. The number of carbonyl (C=O) groups excluding carboxylic acids is 1. The molecule has 2 heterocycles. The molecule has 5 nitrogen and oxygen atoms in total. The third kappa shape index (κ3) is 3.35. The minimum Gasteiger partial charge on any atom is -0.353 e. The van der Waals surface area contributed by atoms with Crippen molar-refractivity contribution in [3.63, 3.8) is 0 Å². The fourth-order valence-electron chi connectivity index (χ4n) is 2.76. The zero-order valence-corrected chi connectivity index (χ0v) is 14.1. The molecular weight excluding hydrogens is 318 g/mol. The van der Waals surface area contributed by atoms with Gasteiger partial charge in [0.15, 0.2) is 5.16 Å². The number of aromatic nitrogens is 2. The molecule has 0 unspecified atom stereocenters. The van der Waals surface area contributed by atoms with Gasteiger partial charge in [-0.3, -0.25) is 14.2 Å². The van der Waals surface area contributed by atoms with Gasteiger partial charge in [-0.1, -0.05) is 31.0 Å². The lowest BCUT2D eigenvalue weighted by Gasteiger charge is -2.22. The van der Waals surface area contributed by atoms with E-state index < -0.39 is 0 Å². The highest BCUT2D eigenvalue weighted by molar-refractivity contribution is 7.99. The zero-order valence-electron chi connectivity index (χ0n) is 12.5. The third-order valence-electron chi connectivity index (χ3n) is 3.97. The van der Waals surface area contributed by atoms with E-state index in [-0.39, 0.29) is 11.5 Å². The molecule has 0 spiro atoms. The van der Waals surface area contributed by atoms with Crippen molar-refractivity contribution in [1.29, 1.82) is 0 Å². The number of thiophene rings is 1. The smallest absolute Gasteiger partial charge is 0.262 e. The SMILES string of the molecule is Cn1c(SCC(=O)NC2CCCCC2)nc2sccc2c1=O. The van der Waals surface area contributed by atoms with Crippen molar-refractivity contribution >= 4 is 39.2 Å². The molecule has 0 radical (unpaired) electrons. The molecule has 1 N–H and O–H groups in total. The summed E-state index contributed by atoms with van der Waals surface area (Å²) >= 11 is 2.77. The van der Waals surface area contributed by atoms with Crippen LogP contribution >= 0.6 is 23.1 Å². The van der Waals surface area contributed by atoms with Gasteiger partial charge in [0.1, 0.15) is 4.83 Å². The summed E-state index contributed by atoms with van der Waals surface area (Å²) in [6.07, 6.45) is 5.82. The van der Waals surface area contributed by atoms with Gasteiger partial charge in [-0.2, -0.15) is 0 Å². The van der Waals surface area contributed by atoms with Crippen LogP contribution in [0.4, 0.5) is 0 Å². The number of thioether (sulfide) groups is 1. The van der Waals surface area contributed by atoms with Crippen molar-refractivity contribution in [2.24, 2.45) is 7.05 Å². The lowest BCUT2D eigenvalue weighted by molar-refractivity contribution is -0.119. The maximum atomic E-state index is 12.2. The second kappa shape index (κ2) is 6.83. The van der Waals surface area contributed by atoms with Crippen LogP contribution in [0.1, 0.15) is 32.1 Å². The number of carbonyl (C=O) groups is 1. The van der Waals surface area contributed by atoms with Crippen LogP contribution in [0.15, 0.2) is 21.4 Å². The number of hydrogen-bond donors (Lipinski definition) is 1. The maximum absolute atomic E-state index is 12.2. The summed E-state index contributed by atoms with van der Waals surface area (Å²) in [4.78, 5) is 29.5. The van der Waals surface area contributed by atoms with E-state index in [2.05, 4.69) is 10.3 Å². The molecule has 0 atom stereocenters. The molecule has 2 aromatic heterocycles. The summed E-state index contributed by atoms with van der Waals surface area (Å²) < 4.78 is 1.52. The first kappa shape index (κ1) is 15.6. The molecule has 3 rings (SSSR count). The molecule has 2 aromatic rings. The minimum atomic E-state index is -0.0542.